The van der Waals surface area contributed by atoms with Gasteiger partial charge in [-0.3, -0.25) is 4.79 Å². The summed E-state index contributed by atoms with van der Waals surface area (Å²) >= 11 is 0. The molecule has 1 saturated heterocycles. The highest BCUT2D eigenvalue weighted by Gasteiger charge is 2.37. The third kappa shape index (κ3) is 3.11. The summed E-state index contributed by atoms with van der Waals surface area (Å²) in [5.74, 6) is 1.18. The van der Waals surface area contributed by atoms with Gasteiger partial charge in [0, 0.05) is 17.2 Å². The predicted molar refractivity (Wildman–Crippen MR) is 100 cm³/mol. The van der Waals surface area contributed by atoms with Crippen molar-refractivity contribution in [3.8, 4) is 11.5 Å². The standard InChI is InChI=1S/C22H23NO4/c24-22(23-14-9-10-19-20(13-14)26-12-11-25-19)21-15-5-1-3-7-17(15)27-18-8-4-2-6-16(18)21/h1-8,14,19-21H,9-13H2,(H,23,24). The van der Waals surface area contributed by atoms with Crippen LogP contribution in [0.5, 0.6) is 11.5 Å². The van der Waals surface area contributed by atoms with Gasteiger partial charge >= 0.3 is 0 Å². The summed E-state index contributed by atoms with van der Waals surface area (Å²) in [5, 5.41) is 3.27. The van der Waals surface area contributed by atoms with Crippen molar-refractivity contribution >= 4 is 5.91 Å². The summed E-state index contributed by atoms with van der Waals surface area (Å²) < 4.78 is 17.6. The first-order valence-electron chi connectivity index (χ1n) is 9.69. The smallest absolute Gasteiger partial charge is 0.232 e. The van der Waals surface area contributed by atoms with Gasteiger partial charge in [0.15, 0.2) is 0 Å². The maximum atomic E-state index is 13.3. The molecule has 0 aromatic heterocycles. The Morgan fingerprint density at radius 1 is 0.852 bits per heavy atom. The highest BCUT2D eigenvalue weighted by molar-refractivity contribution is 5.89. The number of rotatable bonds is 2. The van der Waals surface area contributed by atoms with Gasteiger partial charge < -0.3 is 19.5 Å². The Bertz CT molecular complexity index is 806. The Hall–Kier alpha value is -2.37. The van der Waals surface area contributed by atoms with Gasteiger partial charge in [0.05, 0.1) is 31.3 Å². The molecule has 1 aliphatic carbocycles. The number of ether oxygens (including phenoxy) is 3. The number of hydrogen-bond donors (Lipinski definition) is 1. The molecule has 1 amide bonds. The van der Waals surface area contributed by atoms with E-state index in [1.807, 2.05) is 48.5 Å². The minimum absolute atomic E-state index is 0.0263. The fourth-order valence-corrected chi connectivity index (χ4v) is 4.47. The molecule has 3 unspecified atom stereocenters. The second-order valence-corrected chi connectivity index (χ2v) is 7.45. The van der Waals surface area contributed by atoms with Crippen LogP contribution in [0.3, 0.4) is 0 Å². The van der Waals surface area contributed by atoms with Gasteiger partial charge in [0.25, 0.3) is 0 Å². The SMILES string of the molecule is O=C(NC1CCC2OCCOC2C1)C1c2ccccc2Oc2ccccc21. The maximum absolute atomic E-state index is 13.3. The number of hydrogen-bond acceptors (Lipinski definition) is 4. The molecule has 2 heterocycles. The molecule has 5 rings (SSSR count). The molecule has 5 nitrogen and oxygen atoms in total. The number of fused-ring (bicyclic) bond motifs is 3. The van der Waals surface area contributed by atoms with E-state index in [0.29, 0.717) is 13.2 Å². The topological polar surface area (TPSA) is 56.8 Å². The van der Waals surface area contributed by atoms with Crippen molar-refractivity contribution in [1.29, 1.82) is 0 Å². The van der Waals surface area contributed by atoms with Gasteiger partial charge in [-0.25, -0.2) is 0 Å². The van der Waals surface area contributed by atoms with Crippen LogP contribution in [0.1, 0.15) is 36.3 Å². The summed E-state index contributed by atoms with van der Waals surface area (Å²) in [6.07, 6.45) is 2.92. The van der Waals surface area contributed by atoms with Crippen LogP contribution in [0.2, 0.25) is 0 Å². The maximum Gasteiger partial charge on any atom is 0.232 e. The molecule has 2 aromatic carbocycles. The summed E-state index contributed by atoms with van der Waals surface area (Å²) in [7, 11) is 0. The Labute approximate surface area is 158 Å². The van der Waals surface area contributed by atoms with Crippen molar-refractivity contribution in [2.24, 2.45) is 0 Å². The zero-order valence-electron chi connectivity index (χ0n) is 15.1. The van der Waals surface area contributed by atoms with Gasteiger partial charge in [-0.15, -0.1) is 0 Å². The van der Waals surface area contributed by atoms with E-state index in [1.165, 1.54) is 0 Å². The van der Waals surface area contributed by atoms with E-state index in [9.17, 15) is 4.79 Å². The Kier molecular flexibility index (Phi) is 4.34. The minimum atomic E-state index is -0.354. The number of carbonyl (C=O) groups excluding carboxylic acids is 1. The Balaban J connectivity index is 1.39. The van der Waals surface area contributed by atoms with Gasteiger partial charge in [-0.05, 0) is 31.4 Å². The lowest BCUT2D eigenvalue weighted by Gasteiger charge is -2.39. The molecule has 1 N–H and O–H groups in total. The highest BCUT2D eigenvalue weighted by Crippen LogP contribution is 2.44. The number of para-hydroxylation sites is 2. The Morgan fingerprint density at radius 3 is 2.19 bits per heavy atom. The van der Waals surface area contributed by atoms with Gasteiger partial charge in [-0.2, -0.15) is 0 Å². The third-order valence-corrected chi connectivity index (χ3v) is 5.77. The van der Waals surface area contributed by atoms with Gasteiger partial charge in [0.1, 0.15) is 11.5 Å². The molecule has 0 radical (unpaired) electrons. The van der Waals surface area contributed by atoms with Crippen LogP contribution >= 0.6 is 0 Å². The van der Waals surface area contributed by atoms with Crippen LogP contribution < -0.4 is 10.1 Å². The zero-order chi connectivity index (χ0) is 18.2. The minimum Gasteiger partial charge on any atom is -0.457 e. The zero-order valence-corrected chi connectivity index (χ0v) is 15.1. The third-order valence-electron chi connectivity index (χ3n) is 5.77. The normalized spacial score (nSPS) is 26.9. The summed E-state index contributed by atoms with van der Waals surface area (Å²) in [6.45, 7) is 1.32. The first kappa shape index (κ1) is 16.8. The Morgan fingerprint density at radius 2 is 1.48 bits per heavy atom. The van der Waals surface area contributed by atoms with E-state index in [1.54, 1.807) is 0 Å². The monoisotopic (exact) mass is 365 g/mol. The molecular weight excluding hydrogens is 342 g/mol. The molecular formula is C22H23NO4. The van der Waals surface area contributed by atoms with Crippen LogP contribution in [0.25, 0.3) is 0 Å². The van der Waals surface area contributed by atoms with E-state index in [-0.39, 0.29) is 30.1 Å². The summed E-state index contributed by atoms with van der Waals surface area (Å²) in [4.78, 5) is 13.3. The molecule has 3 aliphatic rings. The molecule has 0 spiro atoms. The van der Waals surface area contributed by atoms with Crippen molar-refractivity contribution in [1.82, 2.24) is 5.32 Å². The van der Waals surface area contributed by atoms with E-state index in [4.69, 9.17) is 14.2 Å². The van der Waals surface area contributed by atoms with Crippen LogP contribution in [0.4, 0.5) is 0 Å². The number of amides is 1. The highest BCUT2D eigenvalue weighted by atomic mass is 16.6. The van der Waals surface area contributed by atoms with Crippen molar-refractivity contribution in [3.63, 3.8) is 0 Å². The van der Waals surface area contributed by atoms with Gasteiger partial charge in [-0.1, -0.05) is 36.4 Å². The van der Waals surface area contributed by atoms with Gasteiger partial charge in [0.2, 0.25) is 5.91 Å². The predicted octanol–water partition coefficient (Wildman–Crippen LogP) is 3.38. The van der Waals surface area contributed by atoms with Crippen LogP contribution in [0.15, 0.2) is 48.5 Å². The largest absolute Gasteiger partial charge is 0.457 e. The number of benzene rings is 2. The van der Waals surface area contributed by atoms with E-state index >= 15 is 0 Å². The summed E-state index contributed by atoms with van der Waals surface area (Å²) in [5.41, 5.74) is 1.83. The lowest BCUT2D eigenvalue weighted by Crippen LogP contribution is -2.50. The molecule has 1 saturated carbocycles. The molecule has 2 aliphatic heterocycles. The quantitative estimate of drug-likeness (QED) is 0.886. The lowest BCUT2D eigenvalue weighted by atomic mass is 9.85. The fourth-order valence-electron chi connectivity index (χ4n) is 4.47. The van der Waals surface area contributed by atoms with Crippen molar-refractivity contribution < 1.29 is 19.0 Å². The van der Waals surface area contributed by atoms with E-state index < -0.39 is 0 Å². The molecule has 140 valence electrons. The second-order valence-electron chi connectivity index (χ2n) is 7.45. The summed E-state index contributed by atoms with van der Waals surface area (Å²) in [6, 6.07) is 15.7. The van der Waals surface area contributed by atoms with Crippen LogP contribution in [-0.2, 0) is 14.3 Å². The fraction of sp³-hybridized carbons (Fsp3) is 0.409. The molecule has 5 heteroatoms. The molecule has 2 aromatic rings. The number of nitrogens with one attached hydrogen (secondary N) is 1. The second kappa shape index (κ2) is 6.98. The van der Waals surface area contributed by atoms with Crippen molar-refractivity contribution in [3.05, 3.63) is 59.7 Å². The van der Waals surface area contributed by atoms with Crippen molar-refractivity contribution in [2.45, 2.75) is 43.4 Å². The average molecular weight is 365 g/mol. The molecule has 2 fully saturated rings. The van der Waals surface area contributed by atoms with E-state index in [2.05, 4.69) is 5.32 Å². The van der Waals surface area contributed by atoms with E-state index in [0.717, 1.165) is 41.9 Å². The van der Waals surface area contributed by atoms with Crippen molar-refractivity contribution in [2.75, 3.05) is 13.2 Å². The van der Waals surface area contributed by atoms with Crippen LogP contribution in [-0.4, -0.2) is 37.4 Å². The van der Waals surface area contributed by atoms with Crippen LogP contribution in [0, 0.1) is 0 Å². The number of carbonyl (C=O) groups is 1. The molecule has 0 bridgehead atoms. The first-order chi connectivity index (χ1) is 13.3. The first-order valence-corrected chi connectivity index (χ1v) is 9.69. The molecule has 27 heavy (non-hydrogen) atoms. The average Bonchev–Trinajstić information content (AvgIpc) is 2.71. The molecule has 3 atom stereocenters. The lowest BCUT2D eigenvalue weighted by molar-refractivity contribution is -0.158.